The molecule has 1 fully saturated rings. The van der Waals surface area contributed by atoms with E-state index in [1.54, 1.807) is 0 Å². The van der Waals surface area contributed by atoms with E-state index in [2.05, 4.69) is 32.3 Å². The Morgan fingerprint density at radius 2 is 2.00 bits per heavy atom. The van der Waals surface area contributed by atoms with Gasteiger partial charge in [0, 0.05) is 24.2 Å². The topological polar surface area (TPSA) is 29.3 Å². The van der Waals surface area contributed by atoms with Crippen molar-refractivity contribution in [3.63, 3.8) is 0 Å². The maximum absolute atomic E-state index is 6.10. The summed E-state index contributed by atoms with van der Waals surface area (Å²) in [5, 5.41) is 0. The summed E-state index contributed by atoms with van der Waals surface area (Å²) in [5.41, 5.74) is 6.40. The highest BCUT2D eigenvalue weighted by Gasteiger charge is 2.41. The van der Waals surface area contributed by atoms with Crippen LogP contribution in [0, 0.1) is 0 Å². The summed E-state index contributed by atoms with van der Waals surface area (Å²) in [6.45, 7) is 12.4. The van der Waals surface area contributed by atoms with E-state index in [9.17, 15) is 0 Å². The molecule has 0 aliphatic heterocycles. The number of hydrogen-bond donors (Lipinski definition) is 1. The highest BCUT2D eigenvalue weighted by molar-refractivity contribution is 5.03. The molecule has 0 aromatic rings. The molecule has 0 bridgehead atoms. The monoisotopic (exact) mass is 182 g/mol. The minimum absolute atomic E-state index is 0.107. The Morgan fingerprint density at radius 1 is 1.46 bits per heavy atom. The minimum atomic E-state index is 0.107. The highest BCUT2D eigenvalue weighted by atomic mass is 15.2. The summed E-state index contributed by atoms with van der Waals surface area (Å²) in [5.74, 6) is 0. The van der Waals surface area contributed by atoms with Crippen LogP contribution in [0.2, 0.25) is 0 Å². The summed E-state index contributed by atoms with van der Waals surface area (Å²) in [6, 6.07) is 0. The smallest absolute Gasteiger partial charge is 0.0285 e. The first-order valence-electron chi connectivity index (χ1n) is 5.02. The van der Waals surface area contributed by atoms with Crippen LogP contribution < -0.4 is 5.73 Å². The predicted molar refractivity (Wildman–Crippen MR) is 57.7 cm³/mol. The molecule has 0 aromatic carbocycles. The van der Waals surface area contributed by atoms with Crippen LogP contribution in [0.15, 0.2) is 12.7 Å². The van der Waals surface area contributed by atoms with Gasteiger partial charge in [-0.15, -0.1) is 6.58 Å². The fourth-order valence-electron chi connectivity index (χ4n) is 1.43. The molecule has 1 rings (SSSR count). The lowest BCUT2D eigenvalue weighted by molar-refractivity contribution is 0.140. The molecule has 2 heteroatoms. The molecule has 0 aromatic heterocycles. The van der Waals surface area contributed by atoms with Gasteiger partial charge in [0.25, 0.3) is 0 Å². The van der Waals surface area contributed by atoms with E-state index in [-0.39, 0.29) is 11.1 Å². The van der Waals surface area contributed by atoms with Crippen LogP contribution >= 0.6 is 0 Å². The molecule has 0 unspecified atom stereocenters. The lowest BCUT2D eigenvalue weighted by Gasteiger charge is -2.36. The molecule has 1 aliphatic carbocycles. The third-order valence-corrected chi connectivity index (χ3v) is 2.70. The van der Waals surface area contributed by atoms with Crippen LogP contribution in [-0.2, 0) is 0 Å². The first-order chi connectivity index (χ1) is 5.87. The molecule has 0 atom stereocenters. The zero-order valence-corrected chi connectivity index (χ0v) is 9.14. The lowest BCUT2D eigenvalue weighted by Crippen LogP contribution is -2.48. The van der Waals surface area contributed by atoms with Crippen LogP contribution in [0.25, 0.3) is 0 Å². The molecule has 0 heterocycles. The van der Waals surface area contributed by atoms with Gasteiger partial charge in [0.2, 0.25) is 0 Å². The van der Waals surface area contributed by atoms with Gasteiger partial charge < -0.3 is 5.73 Å². The zero-order valence-electron chi connectivity index (χ0n) is 9.14. The van der Waals surface area contributed by atoms with E-state index in [1.165, 1.54) is 12.8 Å². The average Bonchev–Trinajstić information content (AvgIpc) is 2.66. The Hall–Kier alpha value is -0.340. The Kier molecular flexibility index (Phi) is 2.83. The van der Waals surface area contributed by atoms with Crippen molar-refractivity contribution in [2.24, 2.45) is 5.73 Å². The molecule has 2 nitrogen and oxygen atoms in total. The van der Waals surface area contributed by atoms with Gasteiger partial charge in [-0.05, 0) is 33.6 Å². The van der Waals surface area contributed by atoms with Gasteiger partial charge in [-0.25, -0.2) is 0 Å². The van der Waals surface area contributed by atoms with E-state index < -0.39 is 0 Å². The molecule has 0 radical (unpaired) electrons. The fourth-order valence-corrected chi connectivity index (χ4v) is 1.43. The Bertz CT molecular complexity index is 187. The number of nitrogens with zero attached hydrogens (tertiary/aromatic N) is 1. The van der Waals surface area contributed by atoms with E-state index in [4.69, 9.17) is 5.73 Å². The fraction of sp³-hybridized carbons (Fsp3) is 0.818. The number of rotatable bonds is 4. The SMILES string of the molecule is C=CCN(CC1(N)CC1)C(C)(C)C. The Balaban J connectivity index is 2.52. The first-order valence-corrected chi connectivity index (χ1v) is 5.02. The molecule has 1 saturated carbocycles. The Morgan fingerprint density at radius 3 is 2.31 bits per heavy atom. The lowest BCUT2D eigenvalue weighted by atomic mass is 10.0. The van der Waals surface area contributed by atoms with Crippen molar-refractivity contribution in [3.8, 4) is 0 Å². The molecule has 1 aliphatic rings. The maximum atomic E-state index is 6.10. The van der Waals surface area contributed by atoms with Crippen LogP contribution in [0.4, 0.5) is 0 Å². The van der Waals surface area contributed by atoms with Gasteiger partial charge in [0.15, 0.2) is 0 Å². The van der Waals surface area contributed by atoms with Gasteiger partial charge >= 0.3 is 0 Å². The molecule has 0 spiro atoms. The maximum Gasteiger partial charge on any atom is 0.0285 e. The van der Waals surface area contributed by atoms with Gasteiger partial charge in [-0.3, -0.25) is 4.90 Å². The van der Waals surface area contributed by atoms with Crippen molar-refractivity contribution in [3.05, 3.63) is 12.7 Å². The van der Waals surface area contributed by atoms with Crippen molar-refractivity contribution in [1.82, 2.24) is 4.90 Å². The summed E-state index contributed by atoms with van der Waals surface area (Å²) < 4.78 is 0. The van der Waals surface area contributed by atoms with Crippen molar-refractivity contribution in [2.45, 2.75) is 44.7 Å². The molecular weight excluding hydrogens is 160 g/mol. The summed E-state index contributed by atoms with van der Waals surface area (Å²) >= 11 is 0. The highest BCUT2D eigenvalue weighted by Crippen LogP contribution is 2.34. The Labute approximate surface area is 81.8 Å². The summed E-state index contributed by atoms with van der Waals surface area (Å²) in [4.78, 5) is 2.40. The van der Waals surface area contributed by atoms with Gasteiger partial charge in [-0.2, -0.15) is 0 Å². The van der Waals surface area contributed by atoms with Gasteiger partial charge in [0.1, 0.15) is 0 Å². The van der Waals surface area contributed by atoms with Crippen molar-refractivity contribution < 1.29 is 0 Å². The van der Waals surface area contributed by atoms with Crippen molar-refractivity contribution >= 4 is 0 Å². The summed E-state index contributed by atoms with van der Waals surface area (Å²) in [7, 11) is 0. The van der Waals surface area contributed by atoms with Crippen LogP contribution in [-0.4, -0.2) is 29.1 Å². The van der Waals surface area contributed by atoms with E-state index in [0.29, 0.717) is 0 Å². The summed E-state index contributed by atoms with van der Waals surface area (Å²) in [6.07, 6.45) is 4.31. The normalized spacial score (nSPS) is 20.4. The van der Waals surface area contributed by atoms with Crippen LogP contribution in [0.3, 0.4) is 0 Å². The standard InChI is InChI=1S/C11H22N2/c1-5-8-13(10(2,3)4)9-11(12)6-7-11/h5H,1,6-9,12H2,2-4H3. The first kappa shape index (κ1) is 10.7. The van der Waals surface area contributed by atoms with E-state index in [0.717, 1.165) is 13.1 Å². The quantitative estimate of drug-likeness (QED) is 0.671. The predicted octanol–water partition coefficient (Wildman–Crippen LogP) is 1.76. The minimum Gasteiger partial charge on any atom is -0.324 e. The molecule has 0 amide bonds. The average molecular weight is 182 g/mol. The molecule has 76 valence electrons. The number of nitrogens with two attached hydrogens (primary N) is 1. The molecule has 0 saturated heterocycles. The van der Waals surface area contributed by atoms with Crippen LogP contribution in [0.5, 0.6) is 0 Å². The third kappa shape index (κ3) is 3.12. The second-order valence-electron chi connectivity index (χ2n) is 5.20. The second kappa shape index (κ2) is 3.43. The van der Waals surface area contributed by atoms with Crippen LogP contribution in [0.1, 0.15) is 33.6 Å². The second-order valence-corrected chi connectivity index (χ2v) is 5.20. The zero-order chi connectivity index (χ0) is 10.1. The van der Waals surface area contributed by atoms with Crippen molar-refractivity contribution in [2.75, 3.05) is 13.1 Å². The number of hydrogen-bond acceptors (Lipinski definition) is 2. The largest absolute Gasteiger partial charge is 0.324 e. The molecular formula is C11H22N2. The van der Waals surface area contributed by atoms with Gasteiger partial charge in [0.05, 0.1) is 0 Å². The molecule has 13 heavy (non-hydrogen) atoms. The van der Waals surface area contributed by atoms with Crippen molar-refractivity contribution in [1.29, 1.82) is 0 Å². The van der Waals surface area contributed by atoms with Gasteiger partial charge in [-0.1, -0.05) is 6.08 Å². The van der Waals surface area contributed by atoms with E-state index >= 15 is 0 Å². The molecule has 2 N–H and O–H groups in total. The van der Waals surface area contributed by atoms with E-state index in [1.807, 2.05) is 6.08 Å². The third-order valence-electron chi connectivity index (χ3n) is 2.70.